The second-order valence-electron chi connectivity index (χ2n) is 3.98. The summed E-state index contributed by atoms with van der Waals surface area (Å²) in [5, 5.41) is 0. The molecule has 1 atom stereocenters. The van der Waals surface area contributed by atoms with Gasteiger partial charge in [0.2, 0.25) is 0 Å². The third-order valence-corrected chi connectivity index (χ3v) is 3.93. The number of benzene rings is 1. The maximum Gasteiger partial charge on any atom is 0.163 e. The van der Waals surface area contributed by atoms with Gasteiger partial charge in [0.25, 0.3) is 0 Å². The number of Topliss-reactive ketones (excluding diaryl/α,β-unsaturated/α-hetero) is 2. The van der Waals surface area contributed by atoms with Crippen molar-refractivity contribution in [2.45, 2.75) is 12.8 Å². The zero-order chi connectivity index (χ0) is 11.4. The lowest BCUT2D eigenvalue weighted by Gasteiger charge is -2.19. The second-order valence-corrected chi connectivity index (χ2v) is 5.13. The maximum atomic E-state index is 11.9. The van der Waals surface area contributed by atoms with E-state index >= 15 is 0 Å². The number of hydrogen-bond acceptors (Lipinski definition) is 3. The van der Waals surface area contributed by atoms with Crippen LogP contribution < -0.4 is 0 Å². The van der Waals surface area contributed by atoms with Gasteiger partial charge in [0.1, 0.15) is 5.78 Å². The van der Waals surface area contributed by atoms with Crippen molar-refractivity contribution in [3.8, 4) is 0 Å². The minimum absolute atomic E-state index is 0.0635. The molecule has 84 valence electrons. The predicted octanol–water partition coefficient (Wildman–Crippen LogP) is 2.58. The molecule has 1 unspecified atom stereocenters. The third-order valence-electron chi connectivity index (χ3n) is 2.79. The van der Waals surface area contributed by atoms with Crippen LogP contribution in [0.25, 0.3) is 0 Å². The first kappa shape index (κ1) is 11.4. The van der Waals surface area contributed by atoms with Crippen molar-refractivity contribution in [1.29, 1.82) is 0 Å². The number of carbonyl (C=O) groups is 2. The van der Waals surface area contributed by atoms with Crippen LogP contribution >= 0.6 is 11.8 Å². The van der Waals surface area contributed by atoms with Crippen LogP contribution in [0.4, 0.5) is 0 Å². The Morgan fingerprint density at radius 1 is 1.31 bits per heavy atom. The summed E-state index contributed by atoms with van der Waals surface area (Å²) in [6, 6.07) is 9.21. The molecule has 1 fully saturated rings. The molecular formula is C13H14O2S. The number of ketones is 2. The predicted molar refractivity (Wildman–Crippen MR) is 65.8 cm³/mol. The molecule has 0 aliphatic carbocycles. The van der Waals surface area contributed by atoms with E-state index < -0.39 is 0 Å². The fraction of sp³-hybridized carbons (Fsp3) is 0.385. The Balaban J connectivity index is 1.99. The van der Waals surface area contributed by atoms with E-state index in [1.54, 1.807) is 11.8 Å². The summed E-state index contributed by atoms with van der Waals surface area (Å²) in [6.07, 6.45) is 0.993. The van der Waals surface area contributed by atoms with E-state index in [1.165, 1.54) is 0 Å². The SMILES string of the molecule is O=C(CC1CSCCC1=O)c1ccccc1. The van der Waals surface area contributed by atoms with Gasteiger partial charge >= 0.3 is 0 Å². The molecule has 0 N–H and O–H groups in total. The Morgan fingerprint density at radius 3 is 2.75 bits per heavy atom. The molecule has 2 rings (SSSR count). The van der Waals surface area contributed by atoms with Gasteiger partial charge in [0.15, 0.2) is 5.78 Å². The van der Waals surface area contributed by atoms with Crippen molar-refractivity contribution in [2.75, 3.05) is 11.5 Å². The van der Waals surface area contributed by atoms with Crippen LogP contribution in [0.1, 0.15) is 23.2 Å². The van der Waals surface area contributed by atoms with Gasteiger partial charge in [-0.15, -0.1) is 0 Å². The topological polar surface area (TPSA) is 34.1 Å². The van der Waals surface area contributed by atoms with E-state index in [0.717, 1.165) is 11.5 Å². The van der Waals surface area contributed by atoms with Gasteiger partial charge < -0.3 is 0 Å². The Kier molecular flexibility index (Phi) is 3.78. The zero-order valence-electron chi connectivity index (χ0n) is 9.02. The first-order chi connectivity index (χ1) is 7.77. The molecule has 1 aromatic carbocycles. The average Bonchev–Trinajstić information content (AvgIpc) is 2.33. The number of rotatable bonds is 3. The molecular weight excluding hydrogens is 220 g/mol. The molecule has 3 heteroatoms. The average molecular weight is 234 g/mol. The first-order valence-corrected chi connectivity index (χ1v) is 6.61. The van der Waals surface area contributed by atoms with Crippen molar-refractivity contribution in [2.24, 2.45) is 5.92 Å². The van der Waals surface area contributed by atoms with Gasteiger partial charge in [-0.2, -0.15) is 11.8 Å². The van der Waals surface area contributed by atoms with Gasteiger partial charge in [0.05, 0.1) is 0 Å². The monoisotopic (exact) mass is 234 g/mol. The van der Waals surface area contributed by atoms with Crippen molar-refractivity contribution >= 4 is 23.3 Å². The van der Waals surface area contributed by atoms with E-state index in [9.17, 15) is 9.59 Å². The molecule has 1 aromatic rings. The molecule has 2 nitrogen and oxygen atoms in total. The second kappa shape index (κ2) is 5.30. The van der Waals surface area contributed by atoms with Gasteiger partial charge in [-0.3, -0.25) is 9.59 Å². The minimum Gasteiger partial charge on any atom is -0.299 e. The van der Waals surface area contributed by atoms with Crippen LogP contribution in [0.5, 0.6) is 0 Å². The van der Waals surface area contributed by atoms with E-state index in [0.29, 0.717) is 18.4 Å². The molecule has 0 saturated carbocycles. The molecule has 0 spiro atoms. The van der Waals surface area contributed by atoms with Crippen LogP contribution in [0.3, 0.4) is 0 Å². The lowest BCUT2D eigenvalue weighted by molar-refractivity contribution is -0.122. The van der Waals surface area contributed by atoms with Crippen LogP contribution in [-0.4, -0.2) is 23.1 Å². The van der Waals surface area contributed by atoms with Crippen molar-refractivity contribution in [1.82, 2.24) is 0 Å². The van der Waals surface area contributed by atoms with E-state index in [4.69, 9.17) is 0 Å². The van der Waals surface area contributed by atoms with Crippen molar-refractivity contribution < 1.29 is 9.59 Å². The van der Waals surface area contributed by atoms with Crippen molar-refractivity contribution in [3.63, 3.8) is 0 Å². The quantitative estimate of drug-likeness (QED) is 0.754. The Hall–Kier alpha value is -1.09. The lowest BCUT2D eigenvalue weighted by atomic mass is 9.94. The fourth-order valence-corrected chi connectivity index (χ4v) is 2.93. The molecule has 0 amide bonds. The highest BCUT2D eigenvalue weighted by Gasteiger charge is 2.25. The van der Waals surface area contributed by atoms with Crippen LogP contribution in [0.15, 0.2) is 30.3 Å². The summed E-state index contributed by atoms with van der Waals surface area (Å²) >= 11 is 1.77. The molecule has 0 radical (unpaired) electrons. The Labute approximate surface area is 99.4 Å². The van der Waals surface area contributed by atoms with Crippen LogP contribution in [0, 0.1) is 5.92 Å². The van der Waals surface area contributed by atoms with Crippen LogP contribution in [-0.2, 0) is 4.79 Å². The maximum absolute atomic E-state index is 11.9. The highest BCUT2D eigenvalue weighted by atomic mass is 32.2. The van der Waals surface area contributed by atoms with E-state index in [-0.39, 0.29) is 17.5 Å². The first-order valence-electron chi connectivity index (χ1n) is 5.46. The van der Waals surface area contributed by atoms with Gasteiger partial charge in [-0.25, -0.2) is 0 Å². The summed E-state index contributed by atoms with van der Waals surface area (Å²) in [5.41, 5.74) is 0.714. The highest BCUT2D eigenvalue weighted by molar-refractivity contribution is 7.99. The number of carbonyl (C=O) groups excluding carboxylic acids is 2. The molecule has 1 aliphatic heterocycles. The summed E-state index contributed by atoms with van der Waals surface area (Å²) in [7, 11) is 0. The van der Waals surface area contributed by atoms with Crippen LogP contribution in [0.2, 0.25) is 0 Å². The molecule has 0 bridgehead atoms. The summed E-state index contributed by atoms with van der Waals surface area (Å²) in [5.74, 6) is 1.99. The fourth-order valence-electron chi connectivity index (χ4n) is 1.83. The smallest absolute Gasteiger partial charge is 0.163 e. The molecule has 1 heterocycles. The summed E-state index contributed by atoms with van der Waals surface area (Å²) in [4.78, 5) is 23.5. The Bertz CT molecular complexity index is 386. The van der Waals surface area contributed by atoms with E-state index in [2.05, 4.69) is 0 Å². The lowest BCUT2D eigenvalue weighted by Crippen LogP contribution is -2.25. The third kappa shape index (κ3) is 2.73. The standard InChI is InChI=1S/C13H14O2S/c14-12-6-7-16-9-11(12)8-13(15)10-4-2-1-3-5-10/h1-5,11H,6-9H2. The van der Waals surface area contributed by atoms with Crippen molar-refractivity contribution in [3.05, 3.63) is 35.9 Å². The van der Waals surface area contributed by atoms with Gasteiger partial charge in [0, 0.05) is 35.8 Å². The normalized spacial score (nSPS) is 20.8. The summed E-state index contributed by atoms with van der Waals surface area (Å²) in [6.45, 7) is 0. The van der Waals surface area contributed by atoms with Gasteiger partial charge in [-0.05, 0) is 0 Å². The number of thioether (sulfide) groups is 1. The Morgan fingerprint density at radius 2 is 2.06 bits per heavy atom. The molecule has 0 aromatic heterocycles. The summed E-state index contributed by atoms with van der Waals surface area (Å²) < 4.78 is 0. The molecule has 16 heavy (non-hydrogen) atoms. The minimum atomic E-state index is -0.0635. The number of hydrogen-bond donors (Lipinski definition) is 0. The van der Waals surface area contributed by atoms with Gasteiger partial charge in [-0.1, -0.05) is 30.3 Å². The largest absolute Gasteiger partial charge is 0.299 e. The van der Waals surface area contributed by atoms with E-state index in [1.807, 2.05) is 30.3 Å². The zero-order valence-corrected chi connectivity index (χ0v) is 9.83. The molecule has 1 aliphatic rings. The highest BCUT2D eigenvalue weighted by Crippen LogP contribution is 2.23. The molecule has 1 saturated heterocycles.